The Morgan fingerprint density at radius 2 is 1.67 bits per heavy atom. The van der Waals surface area contributed by atoms with E-state index in [0.29, 0.717) is 5.82 Å². The van der Waals surface area contributed by atoms with Crippen molar-refractivity contribution < 1.29 is 9.59 Å². The first-order valence-electron chi connectivity index (χ1n) is 5.11. The van der Waals surface area contributed by atoms with Gasteiger partial charge in [0.25, 0.3) is 11.8 Å². The summed E-state index contributed by atoms with van der Waals surface area (Å²) in [5.74, 6) is -1.29. The Labute approximate surface area is 103 Å². The lowest BCUT2D eigenvalue weighted by Gasteiger charge is -2.05. The summed E-state index contributed by atoms with van der Waals surface area (Å²) in [6, 6.07) is 9.03. The molecular weight excluding hydrogens is 232 g/mol. The molecule has 0 saturated carbocycles. The van der Waals surface area contributed by atoms with Crippen molar-refractivity contribution in [2.75, 3.05) is 0 Å². The molecule has 18 heavy (non-hydrogen) atoms. The number of amides is 2. The molecule has 0 radical (unpaired) electrons. The van der Waals surface area contributed by atoms with E-state index < -0.39 is 11.8 Å². The highest BCUT2D eigenvalue weighted by molar-refractivity contribution is 6.04. The smallest absolute Gasteiger partial charge is 0.268 e. The van der Waals surface area contributed by atoms with Crippen LogP contribution in [-0.4, -0.2) is 21.8 Å². The van der Waals surface area contributed by atoms with Gasteiger partial charge in [0.15, 0.2) is 5.82 Å². The Bertz CT molecular complexity index is 611. The third kappa shape index (κ3) is 2.17. The molecular formula is C12H10N4O2. The lowest BCUT2D eigenvalue weighted by Crippen LogP contribution is -2.23. The van der Waals surface area contributed by atoms with E-state index in [-0.39, 0.29) is 11.3 Å². The van der Waals surface area contributed by atoms with Crippen molar-refractivity contribution in [1.82, 2.24) is 9.97 Å². The number of primary amides is 2. The van der Waals surface area contributed by atoms with Crippen molar-refractivity contribution in [3.63, 3.8) is 0 Å². The molecule has 0 fully saturated rings. The standard InChI is InChI=1S/C12H10N4O2/c13-10(17)8-6-15-12(16-9(8)11(14)18)7-4-2-1-3-5-7/h1-6H,(H2,13,17)(H2,14,18). The van der Waals surface area contributed by atoms with Gasteiger partial charge in [-0.3, -0.25) is 9.59 Å². The highest BCUT2D eigenvalue weighted by atomic mass is 16.2. The highest BCUT2D eigenvalue weighted by Gasteiger charge is 2.16. The van der Waals surface area contributed by atoms with Gasteiger partial charge in [-0.25, -0.2) is 9.97 Å². The maximum atomic E-state index is 11.2. The quantitative estimate of drug-likeness (QED) is 0.808. The predicted octanol–water partition coefficient (Wildman–Crippen LogP) is 0.341. The zero-order valence-corrected chi connectivity index (χ0v) is 9.33. The first-order chi connectivity index (χ1) is 8.59. The Hall–Kier alpha value is -2.76. The van der Waals surface area contributed by atoms with Crippen molar-refractivity contribution in [1.29, 1.82) is 0 Å². The lowest BCUT2D eigenvalue weighted by molar-refractivity contribution is 0.0963. The number of aromatic nitrogens is 2. The zero-order chi connectivity index (χ0) is 13.1. The SMILES string of the molecule is NC(=O)c1cnc(-c2ccccc2)nc1C(N)=O. The maximum absolute atomic E-state index is 11.2. The number of nitrogens with two attached hydrogens (primary N) is 2. The van der Waals surface area contributed by atoms with Crippen LogP contribution in [0.15, 0.2) is 36.5 Å². The maximum Gasteiger partial charge on any atom is 0.268 e. The van der Waals surface area contributed by atoms with Crippen LogP contribution in [0.25, 0.3) is 11.4 Å². The van der Waals surface area contributed by atoms with E-state index in [0.717, 1.165) is 5.56 Å². The van der Waals surface area contributed by atoms with Gasteiger partial charge in [-0.15, -0.1) is 0 Å². The Morgan fingerprint density at radius 3 is 2.22 bits per heavy atom. The van der Waals surface area contributed by atoms with E-state index in [2.05, 4.69) is 9.97 Å². The molecule has 0 aliphatic rings. The molecule has 6 nitrogen and oxygen atoms in total. The summed E-state index contributed by atoms with van der Waals surface area (Å²) in [7, 11) is 0. The largest absolute Gasteiger partial charge is 0.365 e. The second-order valence-corrected chi connectivity index (χ2v) is 3.55. The van der Waals surface area contributed by atoms with E-state index in [4.69, 9.17) is 11.5 Å². The van der Waals surface area contributed by atoms with Gasteiger partial charge < -0.3 is 11.5 Å². The van der Waals surface area contributed by atoms with Crippen LogP contribution in [0.5, 0.6) is 0 Å². The van der Waals surface area contributed by atoms with Gasteiger partial charge in [-0.1, -0.05) is 30.3 Å². The van der Waals surface area contributed by atoms with E-state index in [1.807, 2.05) is 18.2 Å². The van der Waals surface area contributed by atoms with Crippen LogP contribution in [-0.2, 0) is 0 Å². The summed E-state index contributed by atoms with van der Waals surface area (Å²) in [4.78, 5) is 30.3. The lowest BCUT2D eigenvalue weighted by atomic mass is 10.1. The number of benzene rings is 1. The number of hydrogen-bond acceptors (Lipinski definition) is 4. The number of carbonyl (C=O) groups is 2. The molecule has 90 valence electrons. The minimum atomic E-state index is -0.816. The average Bonchev–Trinajstić information content (AvgIpc) is 2.39. The molecule has 0 aliphatic carbocycles. The van der Waals surface area contributed by atoms with Crippen LogP contribution in [0.2, 0.25) is 0 Å². The molecule has 0 unspecified atom stereocenters. The van der Waals surface area contributed by atoms with Crippen molar-refractivity contribution in [3.8, 4) is 11.4 Å². The fourth-order valence-electron chi connectivity index (χ4n) is 1.48. The molecule has 6 heteroatoms. The van der Waals surface area contributed by atoms with Crippen molar-refractivity contribution in [2.45, 2.75) is 0 Å². The van der Waals surface area contributed by atoms with Gasteiger partial charge in [0.05, 0.1) is 5.56 Å². The third-order valence-electron chi connectivity index (χ3n) is 2.32. The van der Waals surface area contributed by atoms with Crippen LogP contribution in [0, 0.1) is 0 Å². The molecule has 2 amide bonds. The normalized spacial score (nSPS) is 10.0. The van der Waals surface area contributed by atoms with E-state index in [1.165, 1.54) is 6.20 Å². The van der Waals surface area contributed by atoms with Gasteiger partial charge in [-0.05, 0) is 0 Å². The second kappa shape index (κ2) is 4.62. The number of nitrogens with zero attached hydrogens (tertiary/aromatic N) is 2. The zero-order valence-electron chi connectivity index (χ0n) is 9.33. The molecule has 0 saturated heterocycles. The average molecular weight is 242 g/mol. The molecule has 1 aromatic heterocycles. The van der Waals surface area contributed by atoms with Gasteiger partial charge in [-0.2, -0.15) is 0 Å². The predicted molar refractivity (Wildman–Crippen MR) is 64.5 cm³/mol. The van der Waals surface area contributed by atoms with Crippen LogP contribution in [0.3, 0.4) is 0 Å². The summed E-state index contributed by atoms with van der Waals surface area (Å²) < 4.78 is 0. The molecule has 2 aromatic rings. The monoisotopic (exact) mass is 242 g/mol. The van der Waals surface area contributed by atoms with Crippen LogP contribution in [0.4, 0.5) is 0 Å². The number of rotatable bonds is 3. The summed E-state index contributed by atoms with van der Waals surface area (Å²) in [6.45, 7) is 0. The number of hydrogen-bond donors (Lipinski definition) is 2. The Morgan fingerprint density at radius 1 is 1.00 bits per heavy atom. The molecule has 1 heterocycles. The Kier molecular flexibility index (Phi) is 3.01. The van der Waals surface area contributed by atoms with E-state index >= 15 is 0 Å². The van der Waals surface area contributed by atoms with E-state index in [1.54, 1.807) is 12.1 Å². The molecule has 0 atom stereocenters. The molecule has 0 spiro atoms. The molecule has 1 aromatic carbocycles. The number of carbonyl (C=O) groups excluding carboxylic acids is 2. The fourth-order valence-corrected chi connectivity index (χ4v) is 1.48. The van der Waals surface area contributed by atoms with Gasteiger partial charge >= 0.3 is 0 Å². The second-order valence-electron chi connectivity index (χ2n) is 3.55. The molecule has 4 N–H and O–H groups in total. The fraction of sp³-hybridized carbons (Fsp3) is 0. The third-order valence-corrected chi connectivity index (χ3v) is 2.32. The summed E-state index contributed by atoms with van der Waals surface area (Å²) in [5.41, 5.74) is 10.7. The van der Waals surface area contributed by atoms with E-state index in [9.17, 15) is 9.59 Å². The minimum Gasteiger partial charge on any atom is -0.365 e. The highest BCUT2D eigenvalue weighted by Crippen LogP contribution is 2.15. The molecule has 0 aliphatic heterocycles. The topological polar surface area (TPSA) is 112 Å². The summed E-state index contributed by atoms with van der Waals surface area (Å²) >= 11 is 0. The summed E-state index contributed by atoms with van der Waals surface area (Å²) in [5, 5.41) is 0. The van der Waals surface area contributed by atoms with Crippen molar-refractivity contribution >= 4 is 11.8 Å². The first-order valence-corrected chi connectivity index (χ1v) is 5.11. The Balaban J connectivity index is 2.57. The van der Waals surface area contributed by atoms with Crippen molar-refractivity contribution in [2.24, 2.45) is 11.5 Å². The van der Waals surface area contributed by atoms with Gasteiger partial charge in [0, 0.05) is 11.8 Å². The minimum absolute atomic E-state index is 0.0813. The van der Waals surface area contributed by atoms with Gasteiger partial charge in [0.2, 0.25) is 0 Å². The van der Waals surface area contributed by atoms with Crippen molar-refractivity contribution in [3.05, 3.63) is 47.8 Å². The van der Waals surface area contributed by atoms with Crippen LogP contribution >= 0.6 is 0 Å². The van der Waals surface area contributed by atoms with Crippen LogP contribution in [0.1, 0.15) is 20.8 Å². The molecule has 0 bridgehead atoms. The molecule has 2 rings (SSSR count). The summed E-state index contributed by atoms with van der Waals surface area (Å²) in [6.07, 6.45) is 1.21. The van der Waals surface area contributed by atoms with Crippen LogP contribution < -0.4 is 11.5 Å². The van der Waals surface area contributed by atoms with Gasteiger partial charge in [0.1, 0.15) is 5.69 Å². The first kappa shape index (κ1) is 11.7.